The number of benzene rings is 1. The predicted octanol–water partition coefficient (Wildman–Crippen LogP) is 1.72. The van der Waals surface area contributed by atoms with Crippen LogP contribution in [0.3, 0.4) is 0 Å². The lowest BCUT2D eigenvalue weighted by atomic mass is 10.2. The number of nitrogens with zero attached hydrogens (tertiary/aromatic N) is 1. The fourth-order valence-electron chi connectivity index (χ4n) is 2.82. The van der Waals surface area contributed by atoms with Crippen LogP contribution in [0.15, 0.2) is 24.3 Å². The largest absolute Gasteiger partial charge is 0.482 e. The van der Waals surface area contributed by atoms with Gasteiger partial charge >= 0.3 is 5.97 Å². The van der Waals surface area contributed by atoms with Crippen molar-refractivity contribution in [2.75, 3.05) is 26.2 Å². The molecule has 0 aliphatic carbocycles. The van der Waals surface area contributed by atoms with E-state index in [2.05, 4.69) is 17.1 Å². The standard InChI is InChI=1S/C16H24N2O3/c1-2-18-8-4-6-14(18)11-17-10-13-5-3-7-15(9-13)21-12-16(19)20/h3,5,7,9,14,17H,2,4,6,8,10-12H2,1H3,(H,19,20)/t14-/m1/s1. The Morgan fingerprint density at radius 1 is 1.52 bits per heavy atom. The molecule has 116 valence electrons. The molecule has 0 saturated carbocycles. The molecule has 0 aromatic heterocycles. The van der Waals surface area contributed by atoms with E-state index in [4.69, 9.17) is 9.84 Å². The molecule has 1 saturated heterocycles. The van der Waals surface area contributed by atoms with E-state index in [9.17, 15) is 4.79 Å². The molecule has 1 heterocycles. The second-order valence-corrected chi connectivity index (χ2v) is 5.39. The lowest BCUT2D eigenvalue weighted by molar-refractivity contribution is -0.139. The summed E-state index contributed by atoms with van der Waals surface area (Å²) in [6, 6.07) is 8.22. The summed E-state index contributed by atoms with van der Waals surface area (Å²) in [6.07, 6.45) is 2.56. The van der Waals surface area contributed by atoms with Crippen LogP contribution in [0.5, 0.6) is 5.75 Å². The molecule has 5 nitrogen and oxygen atoms in total. The van der Waals surface area contributed by atoms with Crippen molar-refractivity contribution in [2.45, 2.75) is 32.4 Å². The number of nitrogens with one attached hydrogen (secondary N) is 1. The molecule has 2 N–H and O–H groups in total. The van der Waals surface area contributed by atoms with Crippen molar-refractivity contribution in [1.82, 2.24) is 10.2 Å². The normalized spacial score (nSPS) is 18.8. The molecule has 0 unspecified atom stereocenters. The van der Waals surface area contributed by atoms with Gasteiger partial charge in [-0.2, -0.15) is 0 Å². The first-order valence-electron chi connectivity index (χ1n) is 7.57. The number of carboxylic acid groups (broad SMARTS) is 1. The average molecular weight is 292 g/mol. The monoisotopic (exact) mass is 292 g/mol. The van der Waals surface area contributed by atoms with E-state index >= 15 is 0 Å². The van der Waals surface area contributed by atoms with Gasteiger partial charge in [-0.05, 0) is 43.6 Å². The van der Waals surface area contributed by atoms with E-state index in [0.29, 0.717) is 11.8 Å². The van der Waals surface area contributed by atoms with E-state index < -0.39 is 5.97 Å². The van der Waals surface area contributed by atoms with Crippen LogP contribution in [0.25, 0.3) is 0 Å². The van der Waals surface area contributed by atoms with E-state index in [-0.39, 0.29) is 6.61 Å². The van der Waals surface area contributed by atoms with Gasteiger partial charge in [0, 0.05) is 19.1 Å². The molecule has 1 aliphatic rings. The second-order valence-electron chi connectivity index (χ2n) is 5.39. The smallest absolute Gasteiger partial charge is 0.341 e. The Morgan fingerprint density at radius 3 is 3.14 bits per heavy atom. The number of ether oxygens (including phenoxy) is 1. The maximum absolute atomic E-state index is 10.5. The molecule has 0 amide bonds. The van der Waals surface area contributed by atoms with Gasteiger partial charge in [0.15, 0.2) is 6.61 Å². The van der Waals surface area contributed by atoms with Gasteiger partial charge in [-0.25, -0.2) is 4.79 Å². The number of hydrogen-bond donors (Lipinski definition) is 2. The first-order valence-corrected chi connectivity index (χ1v) is 7.57. The molecule has 1 aromatic rings. The minimum Gasteiger partial charge on any atom is -0.482 e. The quantitative estimate of drug-likeness (QED) is 0.764. The number of hydrogen-bond acceptors (Lipinski definition) is 4. The highest BCUT2D eigenvalue weighted by molar-refractivity contribution is 5.68. The Labute approximate surface area is 125 Å². The van der Waals surface area contributed by atoms with Gasteiger partial charge in [-0.1, -0.05) is 19.1 Å². The number of rotatable bonds is 8. The Hall–Kier alpha value is -1.59. The third-order valence-electron chi connectivity index (χ3n) is 3.88. The fraction of sp³-hybridized carbons (Fsp3) is 0.562. The first kappa shape index (κ1) is 15.8. The third-order valence-corrected chi connectivity index (χ3v) is 3.88. The Morgan fingerprint density at radius 2 is 2.38 bits per heavy atom. The molecular weight excluding hydrogens is 268 g/mol. The highest BCUT2D eigenvalue weighted by Crippen LogP contribution is 2.16. The van der Waals surface area contributed by atoms with Gasteiger partial charge in [0.2, 0.25) is 0 Å². The summed E-state index contributed by atoms with van der Waals surface area (Å²) in [5.74, 6) is -0.354. The van der Waals surface area contributed by atoms with Gasteiger partial charge in [0.1, 0.15) is 5.75 Å². The lowest BCUT2D eigenvalue weighted by Gasteiger charge is -2.23. The summed E-state index contributed by atoms with van der Waals surface area (Å²) < 4.78 is 5.19. The average Bonchev–Trinajstić information content (AvgIpc) is 2.93. The van der Waals surface area contributed by atoms with Gasteiger partial charge < -0.3 is 15.2 Å². The van der Waals surface area contributed by atoms with E-state index in [1.54, 1.807) is 6.07 Å². The summed E-state index contributed by atoms with van der Waals surface area (Å²) in [6.45, 7) is 6.00. The summed E-state index contributed by atoms with van der Waals surface area (Å²) in [5.41, 5.74) is 1.11. The van der Waals surface area contributed by atoms with Crippen LogP contribution in [0.4, 0.5) is 0 Å². The molecule has 1 fully saturated rings. The molecular formula is C16H24N2O3. The summed E-state index contributed by atoms with van der Waals surface area (Å²) in [4.78, 5) is 13.0. The molecule has 0 bridgehead atoms. The number of likely N-dealkylation sites (N-methyl/N-ethyl adjacent to an activating group) is 1. The highest BCUT2D eigenvalue weighted by atomic mass is 16.5. The third kappa shape index (κ3) is 5.02. The van der Waals surface area contributed by atoms with E-state index in [0.717, 1.165) is 25.2 Å². The number of carboxylic acids is 1. The lowest BCUT2D eigenvalue weighted by Crippen LogP contribution is -2.37. The maximum Gasteiger partial charge on any atom is 0.341 e. The Bertz CT molecular complexity index is 465. The van der Waals surface area contributed by atoms with Gasteiger partial charge in [-0.3, -0.25) is 4.90 Å². The summed E-state index contributed by atoms with van der Waals surface area (Å²) in [5, 5.41) is 12.1. The summed E-state index contributed by atoms with van der Waals surface area (Å²) in [7, 11) is 0. The molecule has 1 atom stereocenters. The number of carbonyl (C=O) groups is 1. The zero-order valence-corrected chi connectivity index (χ0v) is 12.5. The van der Waals surface area contributed by atoms with Crippen LogP contribution in [-0.2, 0) is 11.3 Å². The van der Waals surface area contributed by atoms with Crippen LogP contribution in [0.2, 0.25) is 0 Å². The topological polar surface area (TPSA) is 61.8 Å². The van der Waals surface area contributed by atoms with Crippen molar-refractivity contribution >= 4 is 5.97 Å². The van der Waals surface area contributed by atoms with Crippen LogP contribution in [0.1, 0.15) is 25.3 Å². The fourth-order valence-corrected chi connectivity index (χ4v) is 2.82. The molecule has 21 heavy (non-hydrogen) atoms. The minimum absolute atomic E-state index is 0.301. The first-order chi connectivity index (χ1) is 10.2. The van der Waals surface area contributed by atoms with Crippen LogP contribution in [0, 0.1) is 0 Å². The van der Waals surface area contributed by atoms with Gasteiger partial charge in [0.25, 0.3) is 0 Å². The van der Waals surface area contributed by atoms with Crippen LogP contribution in [-0.4, -0.2) is 48.3 Å². The molecule has 0 spiro atoms. The van der Waals surface area contributed by atoms with Gasteiger partial charge in [-0.15, -0.1) is 0 Å². The zero-order chi connectivity index (χ0) is 15.1. The van der Waals surface area contributed by atoms with Crippen LogP contribution < -0.4 is 10.1 Å². The number of aliphatic carboxylic acids is 1. The van der Waals surface area contributed by atoms with Gasteiger partial charge in [0.05, 0.1) is 0 Å². The van der Waals surface area contributed by atoms with Crippen molar-refractivity contribution < 1.29 is 14.6 Å². The van der Waals surface area contributed by atoms with Crippen molar-refractivity contribution in [3.05, 3.63) is 29.8 Å². The Balaban J connectivity index is 1.77. The SMILES string of the molecule is CCN1CCC[C@@H]1CNCc1cccc(OCC(=O)O)c1. The molecule has 2 rings (SSSR count). The van der Waals surface area contributed by atoms with E-state index in [1.807, 2.05) is 18.2 Å². The van der Waals surface area contributed by atoms with Crippen molar-refractivity contribution in [3.8, 4) is 5.75 Å². The highest BCUT2D eigenvalue weighted by Gasteiger charge is 2.21. The summed E-state index contributed by atoms with van der Waals surface area (Å²) >= 11 is 0. The molecule has 1 aliphatic heterocycles. The van der Waals surface area contributed by atoms with E-state index in [1.165, 1.54) is 19.4 Å². The number of likely N-dealkylation sites (tertiary alicyclic amines) is 1. The second kappa shape index (κ2) is 8.00. The molecule has 1 aromatic carbocycles. The zero-order valence-electron chi connectivity index (χ0n) is 12.5. The van der Waals surface area contributed by atoms with Crippen molar-refractivity contribution in [2.24, 2.45) is 0 Å². The molecule has 5 heteroatoms. The predicted molar refractivity (Wildman–Crippen MR) is 81.5 cm³/mol. The van der Waals surface area contributed by atoms with Crippen LogP contribution >= 0.6 is 0 Å². The molecule has 0 radical (unpaired) electrons. The minimum atomic E-state index is -0.959. The maximum atomic E-state index is 10.5. The van der Waals surface area contributed by atoms with Crippen molar-refractivity contribution in [1.29, 1.82) is 0 Å². The van der Waals surface area contributed by atoms with Crippen molar-refractivity contribution in [3.63, 3.8) is 0 Å². The Kier molecular flexibility index (Phi) is 6.02.